The van der Waals surface area contributed by atoms with E-state index in [0.717, 1.165) is 5.56 Å². The molecule has 24 heavy (non-hydrogen) atoms. The molecule has 1 atom stereocenters. The molecule has 0 unspecified atom stereocenters. The molecule has 1 heterocycles. The van der Waals surface area contributed by atoms with Crippen molar-refractivity contribution in [2.45, 2.75) is 32.8 Å². The second-order valence-corrected chi connectivity index (χ2v) is 5.99. The molecule has 3 rings (SSSR count). The van der Waals surface area contributed by atoms with Gasteiger partial charge in [0.1, 0.15) is 5.75 Å². The van der Waals surface area contributed by atoms with E-state index < -0.39 is 6.10 Å². The number of carbonyl (C=O) groups excluding carboxylic acids is 2. The molecule has 0 aromatic heterocycles. The van der Waals surface area contributed by atoms with Crippen molar-refractivity contribution in [1.29, 1.82) is 0 Å². The summed E-state index contributed by atoms with van der Waals surface area (Å²) < 4.78 is 5.49. The van der Waals surface area contributed by atoms with Crippen molar-refractivity contribution in [2.75, 3.05) is 10.6 Å². The maximum absolute atomic E-state index is 12.1. The van der Waals surface area contributed by atoms with E-state index in [1.165, 1.54) is 5.56 Å². The third-order valence-electron chi connectivity index (χ3n) is 3.96. The molecule has 2 aromatic rings. The van der Waals surface area contributed by atoms with Gasteiger partial charge in [-0.05, 0) is 44.0 Å². The fraction of sp³-hybridized carbons (Fsp3) is 0.263. The second kappa shape index (κ2) is 6.74. The van der Waals surface area contributed by atoms with E-state index >= 15 is 0 Å². The summed E-state index contributed by atoms with van der Waals surface area (Å²) in [7, 11) is 0. The van der Waals surface area contributed by atoms with E-state index in [0.29, 0.717) is 30.0 Å². The Labute approximate surface area is 141 Å². The molecule has 0 saturated heterocycles. The Bertz CT molecular complexity index is 769. The minimum atomic E-state index is -0.507. The van der Waals surface area contributed by atoms with Crippen molar-refractivity contribution in [2.24, 2.45) is 0 Å². The van der Waals surface area contributed by atoms with Gasteiger partial charge >= 0.3 is 0 Å². The fourth-order valence-corrected chi connectivity index (χ4v) is 2.52. The Kier molecular flexibility index (Phi) is 4.51. The molecule has 5 nitrogen and oxygen atoms in total. The number of hydrogen-bond acceptors (Lipinski definition) is 3. The summed E-state index contributed by atoms with van der Waals surface area (Å²) in [6.07, 6.45) is 0.585. The third-order valence-corrected chi connectivity index (χ3v) is 3.96. The summed E-state index contributed by atoms with van der Waals surface area (Å²) in [4.78, 5) is 23.8. The van der Waals surface area contributed by atoms with Gasteiger partial charge in [-0.3, -0.25) is 9.59 Å². The Morgan fingerprint density at radius 1 is 1.21 bits per heavy atom. The highest BCUT2D eigenvalue weighted by molar-refractivity contribution is 5.99. The Balaban J connectivity index is 1.59. The molecule has 0 radical (unpaired) electrons. The van der Waals surface area contributed by atoms with Crippen LogP contribution in [0.5, 0.6) is 5.75 Å². The van der Waals surface area contributed by atoms with Crippen LogP contribution in [0.15, 0.2) is 42.5 Å². The van der Waals surface area contributed by atoms with Crippen molar-refractivity contribution in [1.82, 2.24) is 0 Å². The van der Waals surface area contributed by atoms with Gasteiger partial charge in [0, 0.05) is 12.1 Å². The number of rotatable bonds is 4. The molecule has 0 spiro atoms. The zero-order valence-electron chi connectivity index (χ0n) is 13.8. The number of ether oxygens (including phenoxy) is 1. The molecule has 0 bridgehead atoms. The van der Waals surface area contributed by atoms with Crippen LogP contribution in [0.1, 0.15) is 24.5 Å². The molecule has 2 amide bonds. The highest BCUT2D eigenvalue weighted by Gasteiger charge is 2.23. The molecule has 0 fully saturated rings. The maximum atomic E-state index is 12.1. The summed E-state index contributed by atoms with van der Waals surface area (Å²) in [5.41, 5.74) is 3.56. The standard InChI is InChI=1S/C19H20N2O3/c1-12-3-5-14(6-4-12)7-10-18(22)20-15-8-9-17-16(11-15)21-19(23)13(2)24-17/h3-6,8-9,11,13H,7,10H2,1-2H3,(H,20,22)(H,21,23)/t13-/m1/s1. The van der Waals surface area contributed by atoms with Crippen LogP contribution in [-0.2, 0) is 16.0 Å². The number of nitrogens with one attached hydrogen (secondary N) is 2. The Morgan fingerprint density at radius 3 is 2.71 bits per heavy atom. The van der Waals surface area contributed by atoms with Gasteiger partial charge in [-0.15, -0.1) is 0 Å². The highest BCUT2D eigenvalue weighted by Crippen LogP contribution is 2.32. The zero-order chi connectivity index (χ0) is 17.1. The molecule has 0 aliphatic carbocycles. The molecule has 1 aliphatic rings. The molecule has 0 saturated carbocycles. The van der Waals surface area contributed by atoms with Gasteiger partial charge < -0.3 is 15.4 Å². The molecule has 2 N–H and O–H groups in total. The molecule has 124 valence electrons. The number of carbonyl (C=O) groups is 2. The van der Waals surface area contributed by atoms with Crippen LogP contribution in [0.4, 0.5) is 11.4 Å². The lowest BCUT2D eigenvalue weighted by atomic mass is 10.1. The topological polar surface area (TPSA) is 67.4 Å². The lowest BCUT2D eigenvalue weighted by Gasteiger charge is -2.23. The Morgan fingerprint density at radius 2 is 1.96 bits per heavy atom. The smallest absolute Gasteiger partial charge is 0.265 e. The normalized spacial score (nSPS) is 15.9. The summed E-state index contributed by atoms with van der Waals surface area (Å²) in [5, 5.41) is 5.63. The van der Waals surface area contributed by atoms with E-state index in [4.69, 9.17) is 4.74 Å². The number of hydrogen-bond donors (Lipinski definition) is 2. The first-order valence-corrected chi connectivity index (χ1v) is 7.98. The van der Waals surface area contributed by atoms with E-state index in [2.05, 4.69) is 10.6 Å². The van der Waals surface area contributed by atoms with E-state index in [-0.39, 0.29) is 11.8 Å². The van der Waals surface area contributed by atoms with Gasteiger partial charge in [-0.2, -0.15) is 0 Å². The summed E-state index contributed by atoms with van der Waals surface area (Å²) in [6.45, 7) is 3.73. The van der Waals surface area contributed by atoms with Crippen molar-refractivity contribution in [3.8, 4) is 5.75 Å². The molecule has 1 aliphatic heterocycles. The maximum Gasteiger partial charge on any atom is 0.265 e. The zero-order valence-corrected chi connectivity index (χ0v) is 13.8. The first kappa shape index (κ1) is 16.1. The van der Waals surface area contributed by atoms with Crippen molar-refractivity contribution in [3.05, 3.63) is 53.6 Å². The van der Waals surface area contributed by atoms with Crippen LogP contribution in [0, 0.1) is 6.92 Å². The highest BCUT2D eigenvalue weighted by atomic mass is 16.5. The minimum absolute atomic E-state index is 0.0630. The SMILES string of the molecule is Cc1ccc(CCC(=O)Nc2ccc3c(c2)NC(=O)[C@@H](C)O3)cc1. The monoisotopic (exact) mass is 324 g/mol. The van der Waals surface area contributed by atoms with Crippen LogP contribution in [-0.4, -0.2) is 17.9 Å². The average molecular weight is 324 g/mol. The van der Waals surface area contributed by atoms with Crippen molar-refractivity contribution >= 4 is 23.2 Å². The molecule has 5 heteroatoms. The van der Waals surface area contributed by atoms with E-state index in [9.17, 15) is 9.59 Å². The fourth-order valence-electron chi connectivity index (χ4n) is 2.52. The van der Waals surface area contributed by atoms with Crippen LogP contribution in [0.2, 0.25) is 0 Å². The number of anilines is 2. The van der Waals surface area contributed by atoms with Gasteiger partial charge in [0.2, 0.25) is 5.91 Å². The third kappa shape index (κ3) is 3.74. The first-order valence-electron chi connectivity index (χ1n) is 7.98. The quantitative estimate of drug-likeness (QED) is 0.907. The summed E-state index contributed by atoms with van der Waals surface area (Å²) >= 11 is 0. The van der Waals surface area contributed by atoms with Crippen molar-refractivity contribution < 1.29 is 14.3 Å². The molecular formula is C19H20N2O3. The summed E-state index contributed by atoms with van der Waals surface area (Å²) in [6, 6.07) is 13.4. The van der Waals surface area contributed by atoms with Gasteiger partial charge in [-0.25, -0.2) is 0 Å². The van der Waals surface area contributed by atoms with Crippen LogP contribution >= 0.6 is 0 Å². The van der Waals surface area contributed by atoms with E-state index in [1.807, 2.05) is 31.2 Å². The van der Waals surface area contributed by atoms with Gasteiger partial charge in [0.15, 0.2) is 6.10 Å². The average Bonchev–Trinajstić information content (AvgIpc) is 2.56. The predicted molar refractivity (Wildman–Crippen MR) is 93.3 cm³/mol. The van der Waals surface area contributed by atoms with Crippen LogP contribution in [0.3, 0.4) is 0 Å². The minimum Gasteiger partial charge on any atom is -0.479 e. The molecular weight excluding hydrogens is 304 g/mol. The van der Waals surface area contributed by atoms with Crippen LogP contribution < -0.4 is 15.4 Å². The van der Waals surface area contributed by atoms with Crippen molar-refractivity contribution in [3.63, 3.8) is 0 Å². The second-order valence-electron chi connectivity index (χ2n) is 5.99. The van der Waals surface area contributed by atoms with E-state index in [1.54, 1.807) is 25.1 Å². The largest absolute Gasteiger partial charge is 0.479 e. The molecule has 2 aromatic carbocycles. The predicted octanol–water partition coefficient (Wildman–Crippen LogP) is 3.29. The lowest BCUT2D eigenvalue weighted by molar-refractivity contribution is -0.122. The number of aryl methyl sites for hydroxylation is 2. The number of benzene rings is 2. The van der Waals surface area contributed by atoms with Gasteiger partial charge in [0.05, 0.1) is 5.69 Å². The number of fused-ring (bicyclic) bond motifs is 1. The van der Waals surface area contributed by atoms with Crippen LogP contribution in [0.25, 0.3) is 0 Å². The van der Waals surface area contributed by atoms with Gasteiger partial charge in [0.25, 0.3) is 5.91 Å². The first-order chi connectivity index (χ1) is 11.5. The lowest BCUT2D eigenvalue weighted by Crippen LogP contribution is -2.34. The summed E-state index contributed by atoms with van der Waals surface area (Å²) in [5.74, 6) is 0.358. The van der Waals surface area contributed by atoms with Gasteiger partial charge in [-0.1, -0.05) is 29.8 Å². The Hall–Kier alpha value is -2.82. The number of amides is 2.